The minimum atomic E-state index is -0.228. The van der Waals surface area contributed by atoms with Gasteiger partial charge in [-0.1, -0.05) is 29.5 Å². The Kier molecular flexibility index (Phi) is 4.39. The van der Waals surface area contributed by atoms with E-state index >= 15 is 0 Å². The molecule has 112 valence electrons. The summed E-state index contributed by atoms with van der Waals surface area (Å²) in [4.78, 5) is 4.43. The summed E-state index contributed by atoms with van der Waals surface area (Å²) in [6.07, 6.45) is 0.655. The minimum Gasteiger partial charge on any atom is -0.354 e. The average Bonchev–Trinajstić information content (AvgIpc) is 2.95. The van der Waals surface area contributed by atoms with Gasteiger partial charge in [0.25, 0.3) is 0 Å². The van der Waals surface area contributed by atoms with Crippen LogP contribution in [0.5, 0.6) is 0 Å². The van der Waals surface area contributed by atoms with Crippen molar-refractivity contribution in [2.75, 3.05) is 5.32 Å². The molecule has 6 heteroatoms. The minimum absolute atomic E-state index is 0.228. The van der Waals surface area contributed by atoms with Crippen molar-refractivity contribution in [3.05, 3.63) is 70.2 Å². The van der Waals surface area contributed by atoms with Crippen LogP contribution in [0.3, 0.4) is 0 Å². The Hall–Kier alpha value is -2.34. The topological polar surface area (TPSA) is 50.7 Å². The smallest absolute Gasteiger partial charge is 0.206 e. The second-order valence-electron chi connectivity index (χ2n) is 4.93. The van der Waals surface area contributed by atoms with Crippen molar-refractivity contribution in [1.29, 1.82) is 0 Å². The highest BCUT2D eigenvalue weighted by molar-refractivity contribution is 7.15. The number of pyridine rings is 1. The lowest BCUT2D eigenvalue weighted by molar-refractivity contribution is 0.627. The summed E-state index contributed by atoms with van der Waals surface area (Å²) in [5.41, 5.74) is 2.98. The van der Waals surface area contributed by atoms with Crippen LogP contribution in [-0.4, -0.2) is 15.2 Å². The lowest BCUT2D eigenvalue weighted by atomic mass is 10.2. The van der Waals surface area contributed by atoms with E-state index in [0.29, 0.717) is 13.0 Å². The van der Waals surface area contributed by atoms with Crippen molar-refractivity contribution in [3.8, 4) is 0 Å². The molecule has 0 aliphatic heterocycles. The largest absolute Gasteiger partial charge is 0.354 e. The molecule has 0 bridgehead atoms. The molecule has 0 aliphatic carbocycles. The van der Waals surface area contributed by atoms with Crippen LogP contribution < -0.4 is 5.32 Å². The van der Waals surface area contributed by atoms with Gasteiger partial charge in [0.1, 0.15) is 10.8 Å². The Morgan fingerprint density at radius 2 is 1.91 bits per heavy atom. The zero-order valence-corrected chi connectivity index (χ0v) is 12.9. The zero-order chi connectivity index (χ0) is 15.4. The lowest BCUT2D eigenvalue weighted by Crippen LogP contribution is -2.01. The fraction of sp³-hybridized carbons (Fsp3) is 0.188. The Labute approximate surface area is 132 Å². The molecule has 0 radical (unpaired) electrons. The normalized spacial score (nSPS) is 10.6. The number of hydrogen-bond acceptors (Lipinski definition) is 5. The first-order valence-electron chi connectivity index (χ1n) is 6.92. The van der Waals surface area contributed by atoms with Gasteiger partial charge in [-0.25, -0.2) is 4.39 Å². The van der Waals surface area contributed by atoms with Gasteiger partial charge in [-0.2, -0.15) is 0 Å². The Balaban J connectivity index is 1.60. The lowest BCUT2D eigenvalue weighted by Gasteiger charge is -2.02. The molecule has 0 saturated heterocycles. The van der Waals surface area contributed by atoms with Gasteiger partial charge in [0.15, 0.2) is 0 Å². The van der Waals surface area contributed by atoms with E-state index in [1.54, 1.807) is 12.1 Å². The van der Waals surface area contributed by atoms with E-state index in [2.05, 4.69) is 20.5 Å². The van der Waals surface area contributed by atoms with Gasteiger partial charge in [-0.15, -0.1) is 10.2 Å². The van der Waals surface area contributed by atoms with Crippen LogP contribution in [0.4, 0.5) is 9.52 Å². The maximum atomic E-state index is 12.9. The summed E-state index contributed by atoms with van der Waals surface area (Å²) in [6.45, 7) is 2.59. The maximum Gasteiger partial charge on any atom is 0.206 e. The number of nitrogens with zero attached hydrogens (tertiary/aromatic N) is 3. The van der Waals surface area contributed by atoms with Crippen molar-refractivity contribution >= 4 is 16.5 Å². The number of nitrogens with one attached hydrogen (secondary N) is 1. The molecule has 3 rings (SSSR count). The molecule has 4 nitrogen and oxygen atoms in total. The fourth-order valence-electron chi connectivity index (χ4n) is 2.04. The molecule has 0 spiro atoms. The second-order valence-corrected chi connectivity index (χ2v) is 5.99. The predicted molar refractivity (Wildman–Crippen MR) is 85.4 cm³/mol. The van der Waals surface area contributed by atoms with E-state index in [4.69, 9.17) is 0 Å². The van der Waals surface area contributed by atoms with E-state index in [9.17, 15) is 4.39 Å². The second kappa shape index (κ2) is 6.62. The molecule has 0 amide bonds. The van der Waals surface area contributed by atoms with E-state index in [0.717, 1.165) is 27.1 Å². The number of benzene rings is 1. The highest BCUT2D eigenvalue weighted by Gasteiger charge is 2.06. The van der Waals surface area contributed by atoms with Crippen LogP contribution in [0.1, 0.15) is 22.0 Å². The van der Waals surface area contributed by atoms with E-state index in [1.165, 1.54) is 23.5 Å². The maximum absolute atomic E-state index is 12.9. The SMILES string of the molecule is Cc1cccc(CNc2nnc(Cc3ccc(F)cc3)s2)n1. The summed E-state index contributed by atoms with van der Waals surface area (Å²) in [5.74, 6) is -0.228. The fourth-order valence-corrected chi connectivity index (χ4v) is 2.81. The molecular formula is C16H15FN4S. The highest BCUT2D eigenvalue weighted by atomic mass is 32.1. The summed E-state index contributed by atoms with van der Waals surface area (Å²) >= 11 is 1.50. The van der Waals surface area contributed by atoms with Gasteiger partial charge in [-0.05, 0) is 36.8 Å². The molecule has 1 N–H and O–H groups in total. The standard InChI is InChI=1S/C16H15FN4S/c1-11-3-2-4-14(19-11)10-18-16-21-20-15(22-16)9-12-5-7-13(17)8-6-12/h2-8H,9-10H2,1H3,(H,18,21). The van der Waals surface area contributed by atoms with Crippen molar-refractivity contribution in [3.63, 3.8) is 0 Å². The third-order valence-electron chi connectivity index (χ3n) is 3.10. The number of halogens is 1. The van der Waals surface area contributed by atoms with Crippen LogP contribution in [0, 0.1) is 12.7 Å². The Morgan fingerprint density at radius 1 is 1.09 bits per heavy atom. The van der Waals surface area contributed by atoms with Crippen molar-refractivity contribution in [2.24, 2.45) is 0 Å². The molecule has 1 aromatic carbocycles. The highest BCUT2D eigenvalue weighted by Crippen LogP contribution is 2.19. The third-order valence-corrected chi connectivity index (χ3v) is 3.98. The first-order valence-corrected chi connectivity index (χ1v) is 7.74. The predicted octanol–water partition coefficient (Wildman–Crippen LogP) is 3.58. The molecule has 0 fully saturated rings. The quantitative estimate of drug-likeness (QED) is 0.782. The van der Waals surface area contributed by atoms with E-state index in [-0.39, 0.29) is 5.82 Å². The third kappa shape index (κ3) is 3.85. The van der Waals surface area contributed by atoms with Gasteiger partial charge in [0.2, 0.25) is 5.13 Å². The number of hydrogen-bond donors (Lipinski definition) is 1. The van der Waals surface area contributed by atoms with E-state index in [1.807, 2.05) is 25.1 Å². The summed E-state index contributed by atoms with van der Waals surface area (Å²) < 4.78 is 12.9. The number of aryl methyl sites for hydroxylation is 1. The molecule has 3 aromatic rings. The van der Waals surface area contributed by atoms with Gasteiger partial charge in [0, 0.05) is 12.1 Å². The number of anilines is 1. The van der Waals surface area contributed by atoms with Crippen LogP contribution in [0.25, 0.3) is 0 Å². The first kappa shape index (κ1) is 14.6. The summed E-state index contributed by atoms with van der Waals surface area (Å²) in [6, 6.07) is 12.4. The van der Waals surface area contributed by atoms with E-state index < -0.39 is 0 Å². The van der Waals surface area contributed by atoms with Gasteiger partial charge >= 0.3 is 0 Å². The molecule has 0 saturated carbocycles. The van der Waals surface area contributed by atoms with Crippen LogP contribution in [0.2, 0.25) is 0 Å². The molecule has 22 heavy (non-hydrogen) atoms. The average molecular weight is 314 g/mol. The van der Waals surface area contributed by atoms with Crippen LogP contribution >= 0.6 is 11.3 Å². The Morgan fingerprint density at radius 3 is 2.68 bits per heavy atom. The molecule has 2 heterocycles. The van der Waals surface area contributed by atoms with Crippen molar-refractivity contribution in [2.45, 2.75) is 19.9 Å². The van der Waals surface area contributed by atoms with Gasteiger partial charge in [0.05, 0.1) is 12.2 Å². The molecule has 0 atom stereocenters. The Bertz CT molecular complexity index is 755. The molecule has 0 unspecified atom stereocenters. The molecular weight excluding hydrogens is 299 g/mol. The van der Waals surface area contributed by atoms with Crippen LogP contribution in [0.15, 0.2) is 42.5 Å². The first-order chi connectivity index (χ1) is 10.7. The number of rotatable bonds is 5. The van der Waals surface area contributed by atoms with Crippen molar-refractivity contribution in [1.82, 2.24) is 15.2 Å². The zero-order valence-electron chi connectivity index (χ0n) is 12.1. The van der Waals surface area contributed by atoms with Crippen molar-refractivity contribution < 1.29 is 4.39 Å². The molecule has 0 aliphatic rings. The number of aromatic nitrogens is 3. The van der Waals surface area contributed by atoms with Gasteiger partial charge in [-0.3, -0.25) is 4.98 Å². The summed E-state index contributed by atoms with van der Waals surface area (Å²) in [7, 11) is 0. The molecule has 2 aromatic heterocycles. The monoisotopic (exact) mass is 314 g/mol. The summed E-state index contributed by atoms with van der Waals surface area (Å²) in [5, 5.41) is 13.2. The van der Waals surface area contributed by atoms with Crippen LogP contribution in [-0.2, 0) is 13.0 Å². The van der Waals surface area contributed by atoms with Gasteiger partial charge < -0.3 is 5.32 Å².